The summed E-state index contributed by atoms with van der Waals surface area (Å²) in [5, 5.41) is 2.39. The maximum absolute atomic E-state index is 13.0. The summed E-state index contributed by atoms with van der Waals surface area (Å²) >= 11 is 7.58. The van der Waals surface area contributed by atoms with Crippen molar-refractivity contribution < 1.29 is 4.79 Å². The summed E-state index contributed by atoms with van der Waals surface area (Å²) in [6.45, 7) is 0.747. The van der Waals surface area contributed by atoms with Gasteiger partial charge in [-0.25, -0.2) is 9.97 Å². The van der Waals surface area contributed by atoms with Gasteiger partial charge < -0.3 is 4.90 Å². The van der Waals surface area contributed by atoms with Crippen molar-refractivity contribution in [3.63, 3.8) is 0 Å². The van der Waals surface area contributed by atoms with Gasteiger partial charge in [0.1, 0.15) is 11.2 Å². The normalized spacial score (nSPS) is 17.0. The van der Waals surface area contributed by atoms with Crippen molar-refractivity contribution in [1.82, 2.24) is 14.9 Å². The molecule has 126 valence electrons. The maximum Gasteiger partial charge on any atom is 0.265 e. The largest absolute Gasteiger partial charge is 0.331 e. The van der Waals surface area contributed by atoms with Crippen LogP contribution in [0.3, 0.4) is 0 Å². The molecule has 3 heterocycles. The molecule has 0 unspecified atom stereocenters. The SMILES string of the molecule is O=C(c1sccc1Cl)N1CCC[C@H]1c1ccccc1-c1cncnc1. The predicted molar refractivity (Wildman–Crippen MR) is 99.8 cm³/mol. The second-order valence-corrected chi connectivity index (χ2v) is 7.29. The quantitative estimate of drug-likeness (QED) is 0.663. The van der Waals surface area contributed by atoms with E-state index in [0.717, 1.165) is 36.1 Å². The molecule has 1 fully saturated rings. The Balaban J connectivity index is 1.72. The number of thiophene rings is 1. The standard InChI is InChI=1S/C19H16ClN3OS/c20-16-7-9-25-18(16)19(24)23-8-3-6-17(23)15-5-2-1-4-14(15)13-10-21-12-22-11-13/h1-2,4-5,7,9-12,17H,3,6,8H2/t17-/m0/s1. The zero-order chi connectivity index (χ0) is 17.2. The first-order valence-electron chi connectivity index (χ1n) is 8.14. The minimum Gasteiger partial charge on any atom is -0.331 e. The van der Waals surface area contributed by atoms with Gasteiger partial charge in [0.25, 0.3) is 5.91 Å². The van der Waals surface area contributed by atoms with E-state index in [1.54, 1.807) is 6.07 Å². The molecular formula is C19H16ClN3OS. The van der Waals surface area contributed by atoms with Crippen molar-refractivity contribution in [2.24, 2.45) is 0 Å². The van der Waals surface area contributed by atoms with Gasteiger partial charge in [0.2, 0.25) is 0 Å². The summed E-state index contributed by atoms with van der Waals surface area (Å²) < 4.78 is 0. The predicted octanol–water partition coefficient (Wildman–Crippen LogP) is 4.84. The van der Waals surface area contributed by atoms with Crippen LogP contribution in [0, 0.1) is 0 Å². The molecule has 1 aliphatic rings. The molecule has 1 aliphatic heterocycles. The first-order valence-corrected chi connectivity index (χ1v) is 9.40. The van der Waals surface area contributed by atoms with E-state index >= 15 is 0 Å². The molecule has 1 saturated heterocycles. The second-order valence-electron chi connectivity index (χ2n) is 5.97. The van der Waals surface area contributed by atoms with Crippen LogP contribution in [0.4, 0.5) is 0 Å². The number of amides is 1. The summed E-state index contributed by atoms with van der Waals surface area (Å²) in [4.78, 5) is 23.8. The number of hydrogen-bond donors (Lipinski definition) is 0. The summed E-state index contributed by atoms with van der Waals surface area (Å²) in [5.74, 6) is 0.0154. The highest BCUT2D eigenvalue weighted by Crippen LogP contribution is 2.39. The van der Waals surface area contributed by atoms with Gasteiger partial charge in [0.15, 0.2) is 0 Å². The monoisotopic (exact) mass is 369 g/mol. The zero-order valence-electron chi connectivity index (χ0n) is 13.4. The fourth-order valence-electron chi connectivity index (χ4n) is 3.40. The van der Waals surface area contributed by atoms with Crippen molar-refractivity contribution in [3.8, 4) is 11.1 Å². The highest BCUT2D eigenvalue weighted by molar-refractivity contribution is 7.12. The second kappa shape index (κ2) is 6.94. The Morgan fingerprint density at radius 1 is 1.20 bits per heavy atom. The molecule has 0 saturated carbocycles. The molecule has 0 bridgehead atoms. The number of aromatic nitrogens is 2. The highest BCUT2D eigenvalue weighted by atomic mass is 35.5. The Labute approximate surface area is 155 Å². The molecule has 0 N–H and O–H groups in total. The number of hydrogen-bond acceptors (Lipinski definition) is 4. The molecule has 6 heteroatoms. The number of carbonyl (C=O) groups excluding carboxylic acids is 1. The summed E-state index contributed by atoms with van der Waals surface area (Å²) in [7, 11) is 0. The molecule has 1 aromatic carbocycles. The minimum absolute atomic E-state index is 0.0154. The molecule has 1 amide bonds. The molecule has 0 aliphatic carbocycles. The van der Waals surface area contributed by atoms with Gasteiger partial charge in [-0.15, -0.1) is 11.3 Å². The van der Waals surface area contributed by atoms with Gasteiger partial charge >= 0.3 is 0 Å². The molecule has 0 spiro atoms. The van der Waals surface area contributed by atoms with Crippen LogP contribution >= 0.6 is 22.9 Å². The minimum atomic E-state index is 0.0154. The van der Waals surface area contributed by atoms with Crippen molar-refractivity contribution in [2.75, 3.05) is 6.54 Å². The number of carbonyl (C=O) groups is 1. The average molecular weight is 370 g/mol. The van der Waals surface area contributed by atoms with Crippen molar-refractivity contribution >= 4 is 28.8 Å². The van der Waals surface area contributed by atoms with Gasteiger partial charge in [-0.1, -0.05) is 35.9 Å². The molecular weight excluding hydrogens is 354 g/mol. The van der Waals surface area contributed by atoms with E-state index < -0.39 is 0 Å². The zero-order valence-corrected chi connectivity index (χ0v) is 15.0. The Bertz CT molecular complexity index is 896. The Hall–Kier alpha value is -2.24. The van der Waals surface area contributed by atoms with E-state index in [-0.39, 0.29) is 11.9 Å². The maximum atomic E-state index is 13.0. The van der Waals surface area contributed by atoms with E-state index in [0.29, 0.717) is 9.90 Å². The molecule has 0 radical (unpaired) electrons. The average Bonchev–Trinajstić information content (AvgIpc) is 3.31. The summed E-state index contributed by atoms with van der Waals surface area (Å²) in [6.07, 6.45) is 7.07. The number of benzene rings is 1. The fraction of sp³-hybridized carbons (Fsp3) is 0.211. The van der Waals surface area contributed by atoms with E-state index in [2.05, 4.69) is 22.1 Å². The van der Waals surface area contributed by atoms with Gasteiger partial charge in [-0.3, -0.25) is 4.79 Å². The molecule has 25 heavy (non-hydrogen) atoms. The molecule has 3 aromatic rings. The summed E-state index contributed by atoms with van der Waals surface area (Å²) in [6, 6.07) is 9.99. The van der Waals surface area contributed by atoms with Gasteiger partial charge in [-0.2, -0.15) is 0 Å². The van der Waals surface area contributed by atoms with Crippen molar-refractivity contribution in [1.29, 1.82) is 0 Å². The Kier molecular flexibility index (Phi) is 4.51. The third-order valence-corrected chi connectivity index (χ3v) is 5.85. The van der Waals surface area contributed by atoms with E-state index in [1.165, 1.54) is 17.7 Å². The lowest BCUT2D eigenvalue weighted by Crippen LogP contribution is -2.30. The van der Waals surface area contributed by atoms with Gasteiger partial charge in [0, 0.05) is 24.5 Å². The smallest absolute Gasteiger partial charge is 0.265 e. The number of halogens is 1. The van der Waals surface area contributed by atoms with Crippen LogP contribution in [-0.2, 0) is 0 Å². The lowest BCUT2D eigenvalue weighted by atomic mass is 9.95. The molecule has 4 rings (SSSR count). The van der Waals surface area contributed by atoms with E-state index in [4.69, 9.17) is 11.6 Å². The third kappa shape index (κ3) is 3.05. The van der Waals surface area contributed by atoms with Crippen LogP contribution in [0.25, 0.3) is 11.1 Å². The first kappa shape index (κ1) is 16.2. The van der Waals surface area contributed by atoms with Gasteiger partial charge in [0.05, 0.1) is 11.1 Å². The van der Waals surface area contributed by atoms with Crippen LogP contribution in [0.15, 0.2) is 54.4 Å². The van der Waals surface area contributed by atoms with E-state index in [1.807, 2.05) is 34.8 Å². The van der Waals surface area contributed by atoms with Crippen LogP contribution in [0.5, 0.6) is 0 Å². The van der Waals surface area contributed by atoms with Crippen LogP contribution < -0.4 is 0 Å². The van der Waals surface area contributed by atoms with Gasteiger partial charge in [-0.05, 0) is 35.4 Å². The Morgan fingerprint density at radius 2 is 2.00 bits per heavy atom. The molecule has 4 nitrogen and oxygen atoms in total. The fourth-order valence-corrected chi connectivity index (χ4v) is 4.49. The Morgan fingerprint density at radius 3 is 2.76 bits per heavy atom. The number of rotatable bonds is 3. The lowest BCUT2D eigenvalue weighted by molar-refractivity contribution is 0.0741. The molecule has 2 aromatic heterocycles. The summed E-state index contributed by atoms with van der Waals surface area (Å²) in [5.41, 5.74) is 3.17. The topological polar surface area (TPSA) is 46.1 Å². The molecule has 1 atom stereocenters. The van der Waals surface area contributed by atoms with Crippen molar-refractivity contribution in [3.05, 3.63) is 69.9 Å². The highest BCUT2D eigenvalue weighted by Gasteiger charge is 2.33. The van der Waals surface area contributed by atoms with Crippen molar-refractivity contribution in [2.45, 2.75) is 18.9 Å². The third-order valence-electron chi connectivity index (χ3n) is 4.52. The first-order chi connectivity index (χ1) is 12.3. The van der Waals surface area contributed by atoms with Crippen LogP contribution in [-0.4, -0.2) is 27.3 Å². The number of nitrogens with zero attached hydrogens (tertiary/aromatic N) is 3. The number of likely N-dealkylation sites (tertiary alicyclic amines) is 1. The van der Waals surface area contributed by atoms with Crippen LogP contribution in [0.2, 0.25) is 5.02 Å². The lowest BCUT2D eigenvalue weighted by Gasteiger charge is -2.26. The van der Waals surface area contributed by atoms with Crippen LogP contribution in [0.1, 0.15) is 34.1 Å². The van der Waals surface area contributed by atoms with E-state index in [9.17, 15) is 4.79 Å².